The quantitative estimate of drug-likeness (QED) is 0.497. The Balaban J connectivity index is 2.69. The number of carboxylic acids is 1. The Morgan fingerprint density at radius 1 is 1.35 bits per heavy atom. The maximum absolute atomic E-state index is 10.8. The second-order valence-electron chi connectivity index (χ2n) is 3.70. The minimum Gasteiger partial charge on any atom is -0.481 e. The van der Waals surface area contributed by atoms with Crippen LogP contribution in [-0.4, -0.2) is 21.2 Å². The fraction of sp³-hybridized carbons (Fsp3) is 0.364. The summed E-state index contributed by atoms with van der Waals surface area (Å²) in [5, 5.41) is 19.2. The number of carboxylic acid groups (broad SMARTS) is 1. The Morgan fingerprint density at radius 3 is 2.29 bits per heavy atom. The van der Waals surface area contributed by atoms with Gasteiger partial charge in [0.05, 0.1) is 10.8 Å². The van der Waals surface area contributed by atoms with Gasteiger partial charge in [0.15, 0.2) is 0 Å². The Bertz CT molecular complexity index is 418. The maximum atomic E-state index is 10.8. The topological polar surface area (TPSA) is 80.4 Å². The third-order valence-corrected chi connectivity index (χ3v) is 3.79. The summed E-state index contributed by atoms with van der Waals surface area (Å²) in [5.74, 6) is -1.30. The highest BCUT2D eigenvalue weighted by Gasteiger charge is 2.20. The molecule has 1 aromatic carbocycles. The molecule has 17 heavy (non-hydrogen) atoms. The van der Waals surface area contributed by atoms with Crippen LogP contribution in [0.1, 0.15) is 13.8 Å². The number of non-ortho nitro benzene ring substituents is 1. The first-order chi connectivity index (χ1) is 7.91. The number of nitro benzene ring substituents is 1. The van der Waals surface area contributed by atoms with E-state index >= 15 is 0 Å². The Kier molecular flexibility index (Phi) is 4.51. The molecule has 0 fully saturated rings. The average molecular weight is 255 g/mol. The van der Waals surface area contributed by atoms with Crippen LogP contribution in [0.15, 0.2) is 29.2 Å². The molecule has 0 bridgehead atoms. The van der Waals surface area contributed by atoms with Crippen LogP contribution in [0.3, 0.4) is 0 Å². The number of thioether (sulfide) groups is 1. The molecule has 92 valence electrons. The number of nitrogens with zero attached hydrogens (tertiary/aromatic N) is 1. The van der Waals surface area contributed by atoms with Crippen LogP contribution < -0.4 is 0 Å². The van der Waals surface area contributed by atoms with Crippen molar-refractivity contribution in [3.05, 3.63) is 34.4 Å². The van der Waals surface area contributed by atoms with Gasteiger partial charge in [-0.3, -0.25) is 14.9 Å². The zero-order chi connectivity index (χ0) is 13.0. The van der Waals surface area contributed by atoms with Gasteiger partial charge in [0, 0.05) is 22.3 Å². The van der Waals surface area contributed by atoms with Gasteiger partial charge in [0.1, 0.15) is 0 Å². The van der Waals surface area contributed by atoms with Crippen LogP contribution in [0.25, 0.3) is 0 Å². The molecule has 5 nitrogen and oxygen atoms in total. The summed E-state index contributed by atoms with van der Waals surface area (Å²) in [7, 11) is 0. The van der Waals surface area contributed by atoms with E-state index in [9.17, 15) is 14.9 Å². The summed E-state index contributed by atoms with van der Waals surface area (Å²) in [5.41, 5.74) is 0.0355. The summed E-state index contributed by atoms with van der Waals surface area (Å²) in [6.07, 6.45) is 0. The third kappa shape index (κ3) is 3.74. The highest BCUT2D eigenvalue weighted by Crippen LogP contribution is 2.29. The number of carbonyl (C=O) groups is 1. The van der Waals surface area contributed by atoms with E-state index in [2.05, 4.69) is 0 Å². The van der Waals surface area contributed by atoms with Gasteiger partial charge in [-0.1, -0.05) is 13.8 Å². The Labute approximate surface area is 103 Å². The molecule has 0 heterocycles. The maximum Gasteiger partial charge on any atom is 0.307 e. The van der Waals surface area contributed by atoms with Crippen molar-refractivity contribution < 1.29 is 14.8 Å². The standard InChI is InChI=1S/C11H13NO4S/c1-7(11(13)14)8(2)17-10-5-3-9(4-6-10)12(15)16/h3-8H,1-2H3,(H,13,14). The van der Waals surface area contributed by atoms with Crippen molar-refractivity contribution in [1.82, 2.24) is 0 Å². The van der Waals surface area contributed by atoms with Crippen LogP contribution in [-0.2, 0) is 4.79 Å². The lowest BCUT2D eigenvalue weighted by molar-refractivity contribution is -0.384. The zero-order valence-electron chi connectivity index (χ0n) is 9.49. The van der Waals surface area contributed by atoms with E-state index < -0.39 is 16.8 Å². The first kappa shape index (κ1) is 13.5. The van der Waals surface area contributed by atoms with E-state index in [1.165, 1.54) is 23.9 Å². The number of aliphatic carboxylic acids is 1. The molecule has 2 unspecified atom stereocenters. The first-order valence-corrected chi connectivity index (χ1v) is 5.93. The van der Waals surface area contributed by atoms with Crippen molar-refractivity contribution in [2.75, 3.05) is 0 Å². The van der Waals surface area contributed by atoms with Crippen LogP contribution in [0.4, 0.5) is 5.69 Å². The molecule has 1 N–H and O–H groups in total. The highest BCUT2D eigenvalue weighted by molar-refractivity contribution is 8.00. The highest BCUT2D eigenvalue weighted by atomic mass is 32.2. The SMILES string of the molecule is CC(Sc1ccc([N+](=O)[O-])cc1)C(C)C(=O)O. The van der Waals surface area contributed by atoms with Gasteiger partial charge >= 0.3 is 5.97 Å². The number of hydrogen-bond acceptors (Lipinski definition) is 4. The summed E-state index contributed by atoms with van der Waals surface area (Å²) < 4.78 is 0. The molecule has 0 saturated heterocycles. The van der Waals surface area contributed by atoms with E-state index in [1.807, 2.05) is 6.92 Å². The van der Waals surface area contributed by atoms with Gasteiger partial charge < -0.3 is 5.11 Å². The monoisotopic (exact) mass is 255 g/mol. The molecule has 0 aliphatic heterocycles. The predicted molar refractivity (Wildman–Crippen MR) is 65.2 cm³/mol. The molecule has 0 spiro atoms. The molecule has 1 rings (SSSR count). The summed E-state index contributed by atoms with van der Waals surface area (Å²) in [6.45, 7) is 3.47. The van der Waals surface area contributed by atoms with Crippen LogP contribution in [0.5, 0.6) is 0 Å². The molecule has 0 aliphatic carbocycles. The van der Waals surface area contributed by atoms with Gasteiger partial charge in [-0.15, -0.1) is 11.8 Å². The number of hydrogen-bond donors (Lipinski definition) is 1. The molecular weight excluding hydrogens is 242 g/mol. The average Bonchev–Trinajstić information content (AvgIpc) is 2.28. The van der Waals surface area contributed by atoms with Crippen molar-refractivity contribution in [3.63, 3.8) is 0 Å². The normalized spacial score (nSPS) is 14.0. The fourth-order valence-electron chi connectivity index (χ4n) is 1.16. The van der Waals surface area contributed by atoms with E-state index in [-0.39, 0.29) is 10.9 Å². The first-order valence-electron chi connectivity index (χ1n) is 5.05. The molecule has 0 radical (unpaired) electrons. The Hall–Kier alpha value is -1.56. The van der Waals surface area contributed by atoms with Gasteiger partial charge in [0.2, 0.25) is 0 Å². The number of benzene rings is 1. The van der Waals surface area contributed by atoms with E-state index in [0.29, 0.717) is 0 Å². The summed E-state index contributed by atoms with van der Waals surface area (Å²) in [6, 6.07) is 6.10. The number of nitro groups is 1. The lowest BCUT2D eigenvalue weighted by atomic mass is 10.1. The zero-order valence-corrected chi connectivity index (χ0v) is 10.3. The van der Waals surface area contributed by atoms with E-state index in [1.54, 1.807) is 19.1 Å². The third-order valence-electron chi connectivity index (χ3n) is 2.46. The largest absolute Gasteiger partial charge is 0.481 e. The van der Waals surface area contributed by atoms with E-state index in [4.69, 9.17) is 5.11 Å². The van der Waals surface area contributed by atoms with Crippen molar-refractivity contribution >= 4 is 23.4 Å². The second-order valence-corrected chi connectivity index (χ2v) is 5.15. The lowest BCUT2D eigenvalue weighted by Crippen LogP contribution is -2.19. The van der Waals surface area contributed by atoms with Gasteiger partial charge in [-0.25, -0.2) is 0 Å². The molecule has 0 amide bonds. The summed E-state index contributed by atoms with van der Waals surface area (Å²) in [4.78, 5) is 21.6. The fourth-order valence-corrected chi connectivity index (χ4v) is 2.21. The Morgan fingerprint density at radius 2 is 1.88 bits per heavy atom. The molecule has 0 aromatic heterocycles. The van der Waals surface area contributed by atoms with Crippen molar-refractivity contribution in [3.8, 4) is 0 Å². The summed E-state index contributed by atoms with van der Waals surface area (Å²) >= 11 is 1.40. The molecule has 6 heteroatoms. The van der Waals surface area contributed by atoms with Crippen molar-refractivity contribution in [2.45, 2.75) is 24.0 Å². The van der Waals surface area contributed by atoms with Gasteiger partial charge in [-0.2, -0.15) is 0 Å². The minimum atomic E-state index is -0.841. The minimum absolute atomic E-state index is 0.0355. The van der Waals surface area contributed by atoms with Gasteiger partial charge in [0.25, 0.3) is 5.69 Å². The smallest absolute Gasteiger partial charge is 0.307 e. The van der Waals surface area contributed by atoms with Crippen LogP contribution >= 0.6 is 11.8 Å². The van der Waals surface area contributed by atoms with Crippen molar-refractivity contribution in [2.24, 2.45) is 5.92 Å². The molecular formula is C11H13NO4S. The van der Waals surface area contributed by atoms with Crippen molar-refractivity contribution in [1.29, 1.82) is 0 Å². The van der Waals surface area contributed by atoms with Crippen LogP contribution in [0, 0.1) is 16.0 Å². The molecule has 0 saturated carbocycles. The predicted octanol–water partition coefficient (Wildman–Crippen LogP) is 2.80. The number of rotatable bonds is 5. The van der Waals surface area contributed by atoms with Crippen LogP contribution in [0.2, 0.25) is 0 Å². The van der Waals surface area contributed by atoms with Gasteiger partial charge in [-0.05, 0) is 12.1 Å². The molecule has 1 aromatic rings. The lowest BCUT2D eigenvalue weighted by Gasteiger charge is -2.15. The van der Waals surface area contributed by atoms with E-state index in [0.717, 1.165) is 4.90 Å². The molecule has 2 atom stereocenters. The second kappa shape index (κ2) is 5.67. The molecule has 0 aliphatic rings.